The minimum atomic E-state index is 0.570. The Morgan fingerprint density at radius 2 is 2.19 bits per heavy atom. The van der Waals surface area contributed by atoms with Crippen LogP contribution in [-0.4, -0.2) is 13.4 Å². The van der Waals surface area contributed by atoms with Gasteiger partial charge in [-0.25, -0.2) is 0 Å². The van der Waals surface area contributed by atoms with E-state index in [2.05, 4.69) is 15.9 Å². The van der Waals surface area contributed by atoms with Crippen molar-refractivity contribution in [1.29, 1.82) is 0 Å². The van der Waals surface area contributed by atoms with Crippen LogP contribution in [0.25, 0.3) is 10.4 Å². The molecule has 0 aliphatic carbocycles. The van der Waals surface area contributed by atoms with Crippen LogP contribution >= 0.6 is 27.3 Å². The summed E-state index contributed by atoms with van der Waals surface area (Å²) in [4.78, 5) is 12.0. The zero-order chi connectivity index (χ0) is 11.5. The van der Waals surface area contributed by atoms with Gasteiger partial charge in [0, 0.05) is 9.35 Å². The average molecular weight is 297 g/mol. The zero-order valence-electron chi connectivity index (χ0n) is 8.57. The standard InChI is InChI=1S/C12H9BrO2S/c1-15-11-3-2-8(6-9(11)7-14)12-10(13)4-5-16-12/h2-7H,1H3. The maximum absolute atomic E-state index is 10.9. The minimum Gasteiger partial charge on any atom is -0.496 e. The maximum Gasteiger partial charge on any atom is 0.153 e. The van der Waals surface area contributed by atoms with Crippen LogP contribution in [0.2, 0.25) is 0 Å². The smallest absolute Gasteiger partial charge is 0.153 e. The molecule has 0 unspecified atom stereocenters. The topological polar surface area (TPSA) is 26.3 Å². The van der Waals surface area contributed by atoms with E-state index in [1.807, 2.05) is 29.6 Å². The molecule has 1 heterocycles. The van der Waals surface area contributed by atoms with Gasteiger partial charge in [0.15, 0.2) is 6.29 Å². The lowest BCUT2D eigenvalue weighted by molar-refractivity contribution is 0.112. The van der Waals surface area contributed by atoms with Gasteiger partial charge in [-0.3, -0.25) is 4.79 Å². The molecule has 0 saturated heterocycles. The summed E-state index contributed by atoms with van der Waals surface area (Å²) in [5, 5.41) is 2.00. The van der Waals surface area contributed by atoms with Gasteiger partial charge in [0.05, 0.1) is 12.7 Å². The van der Waals surface area contributed by atoms with Crippen molar-refractivity contribution in [3.8, 4) is 16.2 Å². The van der Waals surface area contributed by atoms with Gasteiger partial charge in [0.2, 0.25) is 0 Å². The molecule has 0 bridgehead atoms. The molecule has 4 heteroatoms. The highest BCUT2D eigenvalue weighted by molar-refractivity contribution is 9.10. The second-order valence-corrected chi connectivity index (χ2v) is 4.94. The van der Waals surface area contributed by atoms with E-state index in [-0.39, 0.29) is 0 Å². The molecule has 0 saturated carbocycles. The highest BCUT2D eigenvalue weighted by Crippen LogP contribution is 2.35. The molecule has 0 spiro atoms. The number of rotatable bonds is 3. The molecule has 0 atom stereocenters. The lowest BCUT2D eigenvalue weighted by atomic mass is 10.1. The fraction of sp³-hybridized carbons (Fsp3) is 0.0833. The second kappa shape index (κ2) is 4.80. The normalized spacial score (nSPS) is 10.1. The van der Waals surface area contributed by atoms with Crippen molar-refractivity contribution < 1.29 is 9.53 Å². The predicted octanol–water partition coefficient (Wildman–Crippen LogP) is 4.00. The maximum atomic E-state index is 10.9. The van der Waals surface area contributed by atoms with Crippen molar-refractivity contribution in [1.82, 2.24) is 0 Å². The Balaban J connectivity index is 2.52. The SMILES string of the molecule is COc1ccc(-c2sccc2Br)cc1C=O. The van der Waals surface area contributed by atoms with Gasteiger partial charge in [0.25, 0.3) is 0 Å². The van der Waals surface area contributed by atoms with Crippen LogP contribution in [0.5, 0.6) is 5.75 Å². The van der Waals surface area contributed by atoms with Crippen molar-refractivity contribution in [3.05, 3.63) is 39.7 Å². The summed E-state index contributed by atoms with van der Waals surface area (Å²) in [5.41, 5.74) is 1.59. The number of halogens is 1. The predicted molar refractivity (Wildman–Crippen MR) is 69.4 cm³/mol. The van der Waals surface area contributed by atoms with Gasteiger partial charge < -0.3 is 4.74 Å². The van der Waals surface area contributed by atoms with Gasteiger partial charge in [-0.05, 0) is 51.1 Å². The third kappa shape index (κ3) is 2.03. The Kier molecular flexibility index (Phi) is 3.41. The number of carbonyl (C=O) groups is 1. The number of hydrogen-bond donors (Lipinski definition) is 0. The number of thiophene rings is 1. The van der Waals surface area contributed by atoms with Gasteiger partial charge in [0.1, 0.15) is 5.75 Å². The van der Waals surface area contributed by atoms with Crippen LogP contribution in [0.3, 0.4) is 0 Å². The summed E-state index contributed by atoms with van der Waals surface area (Å²) < 4.78 is 6.14. The molecule has 0 radical (unpaired) electrons. The van der Waals surface area contributed by atoms with Crippen molar-refractivity contribution in [2.24, 2.45) is 0 Å². The first-order chi connectivity index (χ1) is 7.76. The molecule has 0 fully saturated rings. The van der Waals surface area contributed by atoms with Crippen molar-refractivity contribution in [2.45, 2.75) is 0 Å². The largest absolute Gasteiger partial charge is 0.496 e. The van der Waals surface area contributed by atoms with E-state index in [9.17, 15) is 4.79 Å². The van der Waals surface area contributed by atoms with Crippen LogP contribution in [0, 0.1) is 0 Å². The molecule has 2 nitrogen and oxygen atoms in total. The number of ether oxygens (including phenoxy) is 1. The number of methoxy groups -OCH3 is 1. The van der Waals surface area contributed by atoms with Crippen LogP contribution in [0.4, 0.5) is 0 Å². The summed E-state index contributed by atoms with van der Waals surface area (Å²) in [7, 11) is 1.56. The minimum absolute atomic E-state index is 0.570. The van der Waals surface area contributed by atoms with E-state index in [0.29, 0.717) is 11.3 Å². The van der Waals surface area contributed by atoms with E-state index in [0.717, 1.165) is 21.2 Å². The average Bonchev–Trinajstić information content (AvgIpc) is 2.74. The first-order valence-electron chi connectivity index (χ1n) is 4.63. The van der Waals surface area contributed by atoms with Gasteiger partial charge >= 0.3 is 0 Å². The highest BCUT2D eigenvalue weighted by atomic mass is 79.9. The number of aldehydes is 1. The lowest BCUT2D eigenvalue weighted by Crippen LogP contribution is -1.90. The van der Waals surface area contributed by atoms with Crippen LogP contribution in [0.1, 0.15) is 10.4 Å². The lowest BCUT2D eigenvalue weighted by Gasteiger charge is -2.05. The Morgan fingerprint density at radius 3 is 2.75 bits per heavy atom. The van der Waals surface area contributed by atoms with Gasteiger partial charge in [-0.2, -0.15) is 0 Å². The molecule has 2 aromatic rings. The Labute approximate surface area is 106 Å². The van der Waals surface area contributed by atoms with Crippen molar-refractivity contribution in [3.63, 3.8) is 0 Å². The van der Waals surface area contributed by atoms with E-state index in [1.54, 1.807) is 18.4 Å². The number of hydrogen-bond acceptors (Lipinski definition) is 3. The Morgan fingerprint density at radius 1 is 1.38 bits per heavy atom. The van der Waals surface area contributed by atoms with Crippen LogP contribution in [0.15, 0.2) is 34.1 Å². The molecule has 0 aliphatic rings. The fourth-order valence-electron chi connectivity index (χ4n) is 1.47. The third-order valence-electron chi connectivity index (χ3n) is 2.24. The molecule has 1 aromatic carbocycles. The summed E-state index contributed by atoms with van der Waals surface area (Å²) in [5.74, 6) is 0.603. The first-order valence-corrected chi connectivity index (χ1v) is 6.30. The van der Waals surface area contributed by atoms with E-state index < -0.39 is 0 Å². The summed E-state index contributed by atoms with van der Waals surface area (Å²) >= 11 is 5.11. The summed E-state index contributed by atoms with van der Waals surface area (Å²) in [6.07, 6.45) is 0.809. The molecule has 0 aliphatic heterocycles. The Bertz CT molecular complexity index is 519. The first kappa shape index (κ1) is 11.4. The zero-order valence-corrected chi connectivity index (χ0v) is 11.0. The number of carbonyl (C=O) groups excluding carboxylic acids is 1. The van der Waals surface area contributed by atoms with Crippen LogP contribution < -0.4 is 4.74 Å². The third-order valence-corrected chi connectivity index (χ3v) is 4.12. The fourth-order valence-corrected chi connectivity index (χ4v) is 3.07. The van der Waals surface area contributed by atoms with Gasteiger partial charge in [-0.15, -0.1) is 11.3 Å². The van der Waals surface area contributed by atoms with Crippen molar-refractivity contribution in [2.75, 3.05) is 7.11 Å². The molecule has 82 valence electrons. The highest BCUT2D eigenvalue weighted by Gasteiger charge is 2.08. The molecular formula is C12H9BrO2S. The van der Waals surface area contributed by atoms with Crippen molar-refractivity contribution >= 4 is 33.6 Å². The van der Waals surface area contributed by atoms with E-state index in [1.165, 1.54) is 0 Å². The summed E-state index contributed by atoms with van der Waals surface area (Å²) in [6, 6.07) is 7.58. The molecule has 0 amide bonds. The molecular weight excluding hydrogens is 288 g/mol. The quantitative estimate of drug-likeness (QED) is 0.800. The monoisotopic (exact) mass is 296 g/mol. The summed E-state index contributed by atoms with van der Waals surface area (Å²) in [6.45, 7) is 0. The number of benzene rings is 1. The van der Waals surface area contributed by atoms with Gasteiger partial charge in [-0.1, -0.05) is 0 Å². The molecule has 1 aromatic heterocycles. The Hall–Kier alpha value is -1.13. The van der Waals surface area contributed by atoms with E-state index >= 15 is 0 Å². The molecule has 16 heavy (non-hydrogen) atoms. The molecule has 2 rings (SSSR count). The second-order valence-electron chi connectivity index (χ2n) is 3.17. The van der Waals surface area contributed by atoms with Crippen LogP contribution in [-0.2, 0) is 0 Å². The van der Waals surface area contributed by atoms with E-state index in [4.69, 9.17) is 4.74 Å². The molecule has 0 N–H and O–H groups in total.